The van der Waals surface area contributed by atoms with Gasteiger partial charge in [-0.3, -0.25) is 4.79 Å². The molecule has 0 saturated carbocycles. The Balaban J connectivity index is 1.75. The fraction of sp³-hybridized carbons (Fsp3) is 0.176. The Morgan fingerprint density at radius 1 is 1.30 bits per heavy atom. The Labute approximate surface area is 138 Å². The fourth-order valence-corrected chi connectivity index (χ4v) is 2.70. The van der Waals surface area contributed by atoms with E-state index in [4.69, 9.17) is 21.1 Å². The summed E-state index contributed by atoms with van der Waals surface area (Å²) in [6.07, 6.45) is -0.518. The zero-order chi connectivity index (χ0) is 16.4. The Bertz CT molecular complexity index is 775. The van der Waals surface area contributed by atoms with Gasteiger partial charge in [-0.1, -0.05) is 29.8 Å². The van der Waals surface area contributed by atoms with E-state index in [0.29, 0.717) is 28.4 Å². The number of anilines is 1. The highest BCUT2D eigenvalue weighted by atomic mass is 35.5. The molecule has 0 aliphatic carbocycles. The largest absolute Gasteiger partial charge is 0.495 e. The van der Waals surface area contributed by atoms with Crippen LogP contribution < -0.4 is 10.1 Å². The molecule has 1 atom stereocenters. The second-order valence-electron chi connectivity index (χ2n) is 5.09. The summed E-state index contributed by atoms with van der Waals surface area (Å²) >= 11 is 6.03. The molecule has 0 fully saturated rings. The van der Waals surface area contributed by atoms with Gasteiger partial charge in [0, 0.05) is 12.1 Å². The number of ether oxygens (including phenoxy) is 2. The molecule has 2 aromatic rings. The van der Waals surface area contributed by atoms with E-state index in [1.165, 1.54) is 7.11 Å². The highest BCUT2D eigenvalue weighted by molar-refractivity contribution is 6.32. The van der Waals surface area contributed by atoms with E-state index in [2.05, 4.69) is 5.32 Å². The number of carbonyl (C=O) groups is 2. The summed E-state index contributed by atoms with van der Waals surface area (Å²) < 4.78 is 10.3. The van der Waals surface area contributed by atoms with Gasteiger partial charge >= 0.3 is 5.97 Å². The number of methoxy groups -OCH3 is 1. The summed E-state index contributed by atoms with van der Waals surface area (Å²) in [5, 5.41) is 3.08. The molecule has 0 unspecified atom stereocenters. The zero-order valence-corrected chi connectivity index (χ0v) is 13.1. The van der Waals surface area contributed by atoms with E-state index in [1.54, 1.807) is 30.3 Å². The number of halogens is 1. The first-order valence-electron chi connectivity index (χ1n) is 7.02. The molecule has 1 aliphatic heterocycles. The Kier molecular flexibility index (Phi) is 4.21. The SMILES string of the molecule is COc1ccc(NC(=O)[C@H]2Cc3ccccc3C(=O)O2)cc1Cl. The van der Waals surface area contributed by atoms with E-state index in [-0.39, 0.29) is 0 Å². The fourth-order valence-electron chi connectivity index (χ4n) is 2.44. The first-order chi connectivity index (χ1) is 11.1. The molecule has 1 N–H and O–H groups in total. The van der Waals surface area contributed by atoms with Crippen LogP contribution in [0.3, 0.4) is 0 Å². The predicted octanol–water partition coefficient (Wildman–Crippen LogP) is 3.07. The molecule has 0 bridgehead atoms. The van der Waals surface area contributed by atoms with Crippen molar-refractivity contribution in [2.75, 3.05) is 12.4 Å². The van der Waals surface area contributed by atoms with E-state index >= 15 is 0 Å². The van der Waals surface area contributed by atoms with Crippen molar-refractivity contribution >= 4 is 29.2 Å². The first-order valence-corrected chi connectivity index (χ1v) is 7.39. The standard InChI is InChI=1S/C17H14ClNO4/c1-22-14-7-6-11(9-13(14)18)19-16(20)15-8-10-4-2-3-5-12(10)17(21)23-15/h2-7,9,15H,8H2,1H3,(H,19,20)/t15-/m1/s1. The van der Waals surface area contributed by atoms with Gasteiger partial charge in [0.2, 0.25) is 0 Å². The van der Waals surface area contributed by atoms with Gasteiger partial charge in [0.1, 0.15) is 5.75 Å². The molecule has 0 radical (unpaired) electrons. The monoisotopic (exact) mass is 331 g/mol. The number of hydrogen-bond acceptors (Lipinski definition) is 4. The predicted molar refractivity (Wildman–Crippen MR) is 86.0 cm³/mol. The third-order valence-corrected chi connectivity index (χ3v) is 3.90. The van der Waals surface area contributed by atoms with Gasteiger partial charge in [0.25, 0.3) is 5.91 Å². The van der Waals surface area contributed by atoms with Crippen molar-refractivity contribution in [2.45, 2.75) is 12.5 Å². The van der Waals surface area contributed by atoms with Crippen LogP contribution in [0.1, 0.15) is 15.9 Å². The molecular formula is C17H14ClNO4. The van der Waals surface area contributed by atoms with Gasteiger partial charge in [-0.25, -0.2) is 4.79 Å². The summed E-state index contributed by atoms with van der Waals surface area (Å²) in [6.45, 7) is 0. The van der Waals surface area contributed by atoms with E-state index in [9.17, 15) is 9.59 Å². The average Bonchev–Trinajstić information content (AvgIpc) is 2.55. The Morgan fingerprint density at radius 3 is 2.83 bits per heavy atom. The number of fused-ring (bicyclic) bond motifs is 1. The summed E-state index contributed by atoms with van der Waals surface area (Å²) in [7, 11) is 1.51. The Hall–Kier alpha value is -2.53. The van der Waals surface area contributed by atoms with Crippen LogP contribution in [-0.2, 0) is 16.0 Å². The van der Waals surface area contributed by atoms with Crippen molar-refractivity contribution in [3.05, 3.63) is 58.6 Å². The lowest BCUT2D eigenvalue weighted by Gasteiger charge is -2.23. The number of esters is 1. The van der Waals surface area contributed by atoms with Gasteiger partial charge < -0.3 is 14.8 Å². The lowest BCUT2D eigenvalue weighted by atomic mass is 9.98. The van der Waals surface area contributed by atoms with E-state index in [1.807, 2.05) is 12.1 Å². The third-order valence-electron chi connectivity index (χ3n) is 3.60. The summed E-state index contributed by atoms with van der Waals surface area (Å²) in [4.78, 5) is 24.3. The van der Waals surface area contributed by atoms with Crippen molar-refractivity contribution < 1.29 is 19.1 Å². The molecular weight excluding hydrogens is 318 g/mol. The number of rotatable bonds is 3. The number of nitrogens with one attached hydrogen (secondary N) is 1. The maximum absolute atomic E-state index is 12.3. The maximum atomic E-state index is 12.3. The maximum Gasteiger partial charge on any atom is 0.339 e. The van der Waals surface area contributed by atoms with Crippen LogP contribution in [0.15, 0.2) is 42.5 Å². The lowest BCUT2D eigenvalue weighted by Crippen LogP contribution is -2.37. The van der Waals surface area contributed by atoms with Crippen molar-refractivity contribution in [1.29, 1.82) is 0 Å². The van der Waals surface area contributed by atoms with Crippen LogP contribution in [0.5, 0.6) is 5.75 Å². The molecule has 5 nitrogen and oxygen atoms in total. The molecule has 0 spiro atoms. The Morgan fingerprint density at radius 2 is 2.09 bits per heavy atom. The molecule has 0 saturated heterocycles. The minimum absolute atomic E-state index is 0.345. The normalized spacial score (nSPS) is 16.3. The van der Waals surface area contributed by atoms with Gasteiger partial charge in [0.15, 0.2) is 6.10 Å². The van der Waals surface area contributed by atoms with Crippen LogP contribution in [0.25, 0.3) is 0 Å². The molecule has 1 amide bonds. The average molecular weight is 332 g/mol. The minimum Gasteiger partial charge on any atom is -0.495 e. The molecule has 2 aromatic carbocycles. The second-order valence-corrected chi connectivity index (χ2v) is 5.50. The van der Waals surface area contributed by atoms with Crippen molar-refractivity contribution in [3.8, 4) is 5.75 Å². The summed E-state index contributed by atoms with van der Waals surface area (Å²) in [6, 6.07) is 12.0. The van der Waals surface area contributed by atoms with Crippen molar-refractivity contribution in [3.63, 3.8) is 0 Å². The van der Waals surface area contributed by atoms with E-state index < -0.39 is 18.0 Å². The minimum atomic E-state index is -0.863. The van der Waals surface area contributed by atoms with Gasteiger partial charge in [-0.05, 0) is 29.8 Å². The highest BCUT2D eigenvalue weighted by Crippen LogP contribution is 2.28. The molecule has 1 heterocycles. The number of benzene rings is 2. The van der Waals surface area contributed by atoms with Crippen molar-refractivity contribution in [1.82, 2.24) is 0 Å². The third kappa shape index (κ3) is 3.14. The first kappa shape index (κ1) is 15.4. The number of amides is 1. The topological polar surface area (TPSA) is 64.6 Å². The zero-order valence-electron chi connectivity index (χ0n) is 12.3. The molecule has 6 heteroatoms. The van der Waals surface area contributed by atoms with Gasteiger partial charge in [0.05, 0.1) is 17.7 Å². The van der Waals surface area contributed by atoms with Crippen LogP contribution in [0.4, 0.5) is 5.69 Å². The van der Waals surface area contributed by atoms with Crippen LogP contribution in [0.2, 0.25) is 5.02 Å². The highest BCUT2D eigenvalue weighted by Gasteiger charge is 2.31. The van der Waals surface area contributed by atoms with Crippen LogP contribution >= 0.6 is 11.6 Å². The smallest absolute Gasteiger partial charge is 0.339 e. The van der Waals surface area contributed by atoms with Crippen molar-refractivity contribution in [2.24, 2.45) is 0 Å². The summed E-state index contributed by atoms with van der Waals surface area (Å²) in [5.41, 5.74) is 1.82. The lowest BCUT2D eigenvalue weighted by molar-refractivity contribution is -0.125. The molecule has 0 aromatic heterocycles. The molecule has 1 aliphatic rings. The van der Waals surface area contributed by atoms with Crippen LogP contribution in [-0.4, -0.2) is 25.1 Å². The summed E-state index contributed by atoms with van der Waals surface area (Å²) in [5.74, 6) is -0.364. The molecule has 118 valence electrons. The van der Waals surface area contributed by atoms with Crippen LogP contribution in [0, 0.1) is 0 Å². The quantitative estimate of drug-likeness (QED) is 0.878. The molecule has 23 heavy (non-hydrogen) atoms. The van der Waals surface area contributed by atoms with Gasteiger partial charge in [-0.15, -0.1) is 0 Å². The molecule has 3 rings (SSSR count). The van der Waals surface area contributed by atoms with Gasteiger partial charge in [-0.2, -0.15) is 0 Å². The van der Waals surface area contributed by atoms with E-state index in [0.717, 1.165) is 5.56 Å². The number of hydrogen-bond donors (Lipinski definition) is 1. The second kappa shape index (κ2) is 6.30. The number of cyclic esters (lactones) is 1. The number of carbonyl (C=O) groups excluding carboxylic acids is 2.